The maximum atomic E-state index is 2.43. The SMILES string of the molecule is CC.CC.CC1CC(C)(C)CN1C. The van der Waals surface area contributed by atoms with Crippen LogP contribution in [0.15, 0.2) is 0 Å². The maximum absolute atomic E-state index is 2.43. The Kier molecular flexibility index (Phi) is 8.75. The van der Waals surface area contributed by atoms with E-state index in [0.717, 1.165) is 6.04 Å². The van der Waals surface area contributed by atoms with Gasteiger partial charge in [0.25, 0.3) is 0 Å². The molecule has 1 saturated heterocycles. The average molecular weight is 187 g/mol. The van der Waals surface area contributed by atoms with Crippen molar-refractivity contribution >= 4 is 0 Å². The standard InChI is InChI=1S/C8H17N.2C2H6/c1-7-5-8(2,3)6-9(7)4;2*1-2/h7H,5-6H2,1-4H3;2*1-2H3. The first-order valence-electron chi connectivity index (χ1n) is 5.71. The minimum Gasteiger partial charge on any atom is -0.303 e. The van der Waals surface area contributed by atoms with Crippen LogP contribution in [0.3, 0.4) is 0 Å². The molecule has 1 aliphatic heterocycles. The predicted octanol–water partition coefficient (Wildman–Crippen LogP) is 3.79. The molecule has 1 unspecified atom stereocenters. The highest BCUT2D eigenvalue weighted by molar-refractivity contribution is 4.86. The first-order valence-corrected chi connectivity index (χ1v) is 5.71. The summed E-state index contributed by atoms with van der Waals surface area (Å²) in [5.41, 5.74) is 0.564. The quantitative estimate of drug-likeness (QED) is 0.558. The molecule has 13 heavy (non-hydrogen) atoms. The second kappa shape index (κ2) is 7.37. The summed E-state index contributed by atoms with van der Waals surface area (Å²) in [5, 5.41) is 0. The van der Waals surface area contributed by atoms with Gasteiger partial charge in [-0.2, -0.15) is 0 Å². The van der Waals surface area contributed by atoms with Gasteiger partial charge in [-0.15, -0.1) is 0 Å². The molecule has 0 radical (unpaired) electrons. The van der Waals surface area contributed by atoms with E-state index in [0.29, 0.717) is 5.41 Å². The third kappa shape index (κ3) is 6.09. The number of rotatable bonds is 0. The smallest absolute Gasteiger partial charge is 0.00696 e. The van der Waals surface area contributed by atoms with Gasteiger partial charge >= 0.3 is 0 Å². The molecule has 1 atom stereocenters. The van der Waals surface area contributed by atoms with Crippen LogP contribution in [0.4, 0.5) is 0 Å². The lowest BCUT2D eigenvalue weighted by Gasteiger charge is -2.15. The fraction of sp³-hybridized carbons (Fsp3) is 1.00. The predicted molar refractivity (Wildman–Crippen MR) is 63.2 cm³/mol. The third-order valence-corrected chi connectivity index (χ3v) is 2.28. The first kappa shape index (κ1) is 15.4. The number of hydrogen-bond donors (Lipinski definition) is 0. The van der Waals surface area contributed by atoms with Gasteiger partial charge < -0.3 is 4.90 Å². The molecule has 0 spiro atoms. The molecular weight excluding hydrogens is 158 g/mol. The average Bonchev–Trinajstić information content (AvgIpc) is 2.32. The van der Waals surface area contributed by atoms with Gasteiger partial charge in [-0.05, 0) is 25.8 Å². The lowest BCUT2D eigenvalue weighted by Crippen LogP contribution is -2.22. The van der Waals surface area contributed by atoms with Gasteiger partial charge in [-0.1, -0.05) is 41.5 Å². The van der Waals surface area contributed by atoms with Crippen molar-refractivity contribution in [3.8, 4) is 0 Å². The van der Waals surface area contributed by atoms with Crippen molar-refractivity contribution in [3.05, 3.63) is 0 Å². The van der Waals surface area contributed by atoms with E-state index < -0.39 is 0 Å². The first-order chi connectivity index (χ1) is 6.01. The maximum Gasteiger partial charge on any atom is 0.00696 e. The van der Waals surface area contributed by atoms with Gasteiger partial charge in [0.1, 0.15) is 0 Å². The van der Waals surface area contributed by atoms with E-state index in [2.05, 4.69) is 32.7 Å². The molecule has 0 bridgehead atoms. The molecule has 0 aromatic rings. The topological polar surface area (TPSA) is 3.24 Å². The number of hydrogen-bond acceptors (Lipinski definition) is 1. The molecule has 1 fully saturated rings. The normalized spacial score (nSPS) is 25.4. The van der Waals surface area contributed by atoms with Crippen LogP contribution in [0.1, 0.15) is 54.9 Å². The summed E-state index contributed by atoms with van der Waals surface area (Å²) in [5.74, 6) is 0. The van der Waals surface area contributed by atoms with Crippen LogP contribution in [0.25, 0.3) is 0 Å². The zero-order valence-corrected chi connectivity index (χ0v) is 10.9. The van der Waals surface area contributed by atoms with Crippen molar-refractivity contribution in [2.45, 2.75) is 60.9 Å². The van der Waals surface area contributed by atoms with Crippen molar-refractivity contribution < 1.29 is 0 Å². The summed E-state index contributed by atoms with van der Waals surface area (Å²) < 4.78 is 0. The van der Waals surface area contributed by atoms with Crippen LogP contribution in [0, 0.1) is 5.41 Å². The molecule has 82 valence electrons. The largest absolute Gasteiger partial charge is 0.303 e. The lowest BCUT2D eigenvalue weighted by atomic mass is 9.91. The van der Waals surface area contributed by atoms with Crippen LogP contribution < -0.4 is 0 Å². The van der Waals surface area contributed by atoms with E-state index in [1.807, 2.05) is 27.7 Å². The Bertz CT molecular complexity index is 95.7. The van der Waals surface area contributed by atoms with E-state index in [1.54, 1.807) is 0 Å². The van der Waals surface area contributed by atoms with Gasteiger partial charge in [0, 0.05) is 12.6 Å². The van der Waals surface area contributed by atoms with Crippen molar-refractivity contribution in [1.82, 2.24) is 4.90 Å². The van der Waals surface area contributed by atoms with Crippen LogP contribution in [-0.4, -0.2) is 24.5 Å². The van der Waals surface area contributed by atoms with Crippen molar-refractivity contribution in [3.63, 3.8) is 0 Å². The fourth-order valence-electron chi connectivity index (χ4n) is 1.85. The summed E-state index contributed by atoms with van der Waals surface area (Å²) in [6, 6.07) is 0.792. The second-order valence-electron chi connectivity index (χ2n) is 4.13. The molecule has 1 nitrogen and oxygen atoms in total. The highest BCUT2D eigenvalue weighted by Gasteiger charge is 2.31. The summed E-state index contributed by atoms with van der Waals surface area (Å²) in [4.78, 5) is 2.43. The van der Waals surface area contributed by atoms with E-state index in [-0.39, 0.29) is 0 Å². The Morgan fingerprint density at radius 2 is 1.46 bits per heavy atom. The Balaban J connectivity index is 0. The van der Waals surface area contributed by atoms with Gasteiger partial charge in [-0.3, -0.25) is 0 Å². The molecule has 0 aliphatic carbocycles. The molecule has 1 heteroatoms. The minimum atomic E-state index is 0.564. The molecular formula is C12H29N. The Morgan fingerprint density at radius 3 is 1.54 bits per heavy atom. The van der Waals surface area contributed by atoms with E-state index in [4.69, 9.17) is 0 Å². The highest BCUT2D eigenvalue weighted by Crippen LogP contribution is 2.31. The minimum absolute atomic E-state index is 0.564. The van der Waals surface area contributed by atoms with Gasteiger partial charge in [-0.25, -0.2) is 0 Å². The summed E-state index contributed by atoms with van der Waals surface area (Å²) in [6.07, 6.45) is 1.35. The van der Waals surface area contributed by atoms with Gasteiger partial charge in [0.15, 0.2) is 0 Å². The van der Waals surface area contributed by atoms with Crippen LogP contribution in [0.2, 0.25) is 0 Å². The molecule has 1 aliphatic rings. The molecule has 1 heterocycles. The Morgan fingerprint density at radius 1 is 1.08 bits per heavy atom. The van der Waals surface area contributed by atoms with Crippen LogP contribution in [-0.2, 0) is 0 Å². The molecule has 0 aromatic carbocycles. The van der Waals surface area contributed by atoms with E-state index >= 15 is 0 Å². The monoisotopic (exact) mass is 187 g/mol. The second-order valence-corrected chi connectivity index (χ2v) is 4.13. The summed E-state index contributed by atoms with van der Waals surface area (Å²) in [7, 11) is 2.21. The molecule has 0 N–H and O–H groups in total. The Labute approximate surface area is 85.5 Å². The lowest BCUT2D eigenvalue weighted by molar-refractivity contribution is 0.308. The molecule has 0 amide bonds. The zero-order chi connectivity index (χ0) is 11.1. The van der Waals surface area contributed by atoms with Crippen molar-refractivity contribution in [1.29, 1.82) is 0 Å². The zero-order valence-electron chi connectivity index (χ0n) is 10.9. The summed E-state index contributed by atoms with van der Waals surface area (Å²) >= 11 is 0. The van der Waals surface area contributed by atoms with Crippen LogP contribution >= 0.6 is 0 Å². The molecule has 0 aromatic heterocycles. The van der Waals surface area contributed by atoms with Crippen LogP contribution in [0.5, 0.6) is 0 Å². The summed E-state index contributed by atoms with van der Waals surface area (Å²) in [6.45, 7) is 16.2. The van der Waals surface area contributed by atoms with Gasteiger partial charge in [0.05, 0.1) is 0 Å². The van der Waals surface area contributed by atoms with Crippen molar-refractivity contribution in [2.75, 3.05) is 13.6 Å². The molecule has 0 saturated carbocycles. The van der Waals surface area contributed by atoms with Crippen molar-refractivity contribution in [2.24, 2.45) is 5.41 Å². The number of likely N-dealkylation sites (tertiary alicyclic amines) is 1. The Hall–Kier alpha value is -0.0400. The molecule has 1 rings (SSSR count). The van der Waals surface area contributed by atoms with E-state index in [1.165, 1.54) is 13.0 Å². The van der Waals surface area contributed by atoms with E-state index in [9.17, 15) is 0 Å². The number of nitrogens with zero attached hydrogens (tertiary/aromatic N) is 1. The fourth-order valence-corrected chi connectivity index (χ4v) is 1.85. The third-order valence-electron chi connectivity index (χ3n) is 2.28. The highest BCUT2D eigenvalue weighted by atomic mass is 15.2. The van der Waals surface area contributed by atoms with Gasteiger partial charge in [0.2, 0.25) is 0 Å².